The van der Waals surface area contributed by atoms with Gasteiger partial charge in [-0.15, -0.1) is 0 Å². The Morgan fingerprint density at radius 1 is 1.32 bits per heavy atom. The molecule has 0 amide bonds. The Hall–Kier alpha value is -1.65. The lowest BCUT2D eigenvalue weighted by Gasteiger charge is -2.26. The summed E-state index contributed by atoms with van der Waals surface area (Å²) in [6, 6.07) is 7.19. The van der Waals surface area contributed by atoms with Crippen molar-refractivity contribution >= 4 is 17.4 Å². The van der Waals surface area contributed by atoms with Crippen LogP contribution in [0.25, 0.3) is 0 Å². The molecule has 0 fully saturated rings. The van der Waals surface area contributed by atoms with E-state index in [4.69, 9.17) is 11.6 Å². The van der Waals surface area contributed by atoms with Crippen LogP contribution in [-0.2, 0) is 13.1 Å². The normalized spacial score (nSPS) is 15.2. The van der Waals surface area contributed by atoms with Gasteiger partial charge in [0.05, 0.1) is 18.1 Å². The van der Waals surface area contributed by atoms with E-state index in [2.05, 4.69) is 14.5 Å². The van der Waals surface area contributed by atoms with E-state index in [0.717, 1.165) is 18.9 Å². The van der Waals surface area contributed by atoms with Crippen molar-refractivity contribution in [3.8, 4) is 0 Å². The molecule has 0 bridgehead atoms. The first-order valence-corrected chi connectivity index (χ1v) is 6.62. The number of halogens is 1. The van der Waals surface area contributed by atoms with Crippen molar-refractivity contribution in [2.75, 3.05) is 13.1 Å². The summed E-state index contributed by atoms with van der Waals surface area (Å²) < 4.78 is 2.12. The highest BCUT2D eigenvalue weighted by Gasteiger charge is 2.20. The zero-order valence-electron chi connectivity index (χ0n) is 10.4. The van der Waals surface area contributed by atoms with Gasteiger partial charge in [-0.1, -0.05) is 23.7 Å². The fraction of sp³-hybridized carbons (Fsp3) is 0.286. The smallest absolute Gasteiger partial charge is 0.178 e. The van der Waals surface area contributed by atoms with Gasteiger partial charge >= 0.3 is 0 Å². The molecule has 2 aromatic rings. The first-order valence-electron chi connectivity index (χ1n) is 6.24. The summed E-state index contributed by atoms with van der Waals surface area (Å²) in [5.74, 6) is 1.07. The van der Waals surface area contributed by atoms with E-state index in [9.17, 15) is 4.79 Å². The van der Waals surface area contributed by atoms with Crippen molar-refractivity contribution in [3.05, 3.63) is 53.1 Å². The minimum atomic E-state index is 0.0607. The molecule has 1 aliphatic rings. The number of nitrogens with zero attached hydrogens (tertiary/aromatic N) is 3. The van der Waals surface area contributed by atoms with E-state index >= 15 is 0 Å². The SMILES string of the molecule is O=C(CN1CCn2ccnc2C1)c1ccccc1Cl. The second kappa shape index (κ2) is 5.15. The lowest BCUT2D eigenvalue weighted by Crippen LogP contribution is -2.37. The van der Waals surface area contributed by atoms with E-state index < -0.39 is 0 Å². The molecular formula is C14H14ClN3O. The molecule has 1 aromatic carbocycles. The van der Waals surface area contributed by atoms with E-state index in [1.54, 1.807) is 18.3 Å². The highest BCUT2D eigenvalue weighted by molar-refractivity contribution is 6.34. The monoisotopic (exact) mass is 275 g/mol. The number of hydrogen-bond donors (Lipinski definition) is 0. The van der Waals surface area contributed by atoms with Crippen molar-refractivity contribution in [2.45, 2.75) is 13.1 Å². The summed E-state index contributed by atoms with van der Waals surface area (Å²) in [6.45, 7) is 2.84. The molecule has 0 saturated heterocycles. The standard InChI is InChI=1S/C14H14ClN3O/c15-12-4-2-1-3-11(12)13(19)9-17-7-8-18-6-5-16-14(18)10-17/h1-6H,7-10H2. The molecule has 4 nitrogen and oxygen atoms in total. The van der Waals surface area contributed by atoms with Gasteiger partial charge < -0.3 is 4.57 Å². The van der Waals surface area contributed by atoms with Gasteiger partial charge in [-0.05, 0) is 12.1 Å². The second-order valence-corrected chi connectivity index (χ2v) is 5.06. The van der Waals surface area contributed by atoms with Crippen LogP contribution >= 0.6 is 11.6 Å². The van der Waals surface area contributed by atoms with E-state index in [0.29, 0.717) is 23.7 Å². The first kappa shape index (κ1) is 12.4. The second-order valence-electron chi connectivity index (χ2n) is 4.65. The number of benzene rings is 1. The zero-order chi connectivity index (χ0) is 13.2. The molecule has 1 aliphatic heterocycles. The third-order valence-corrected chi connectivity index (χ3v) is 3.69. The molecule has 0 atom stereocenters. The Morgan fingerprint density at radius 2 is 2.16 bits per heavy atom. The summed E-state index contributed by atoms with van der Waals surface area (Å²) in [5.41, 5.74) is 0.595. The Morgan fingerprint density at radius 3 is 3.00 bits per heavy atom. The summed E-state index contributed by atoms with van der Waals surface area (Å²) in [5, 5.41) is 0.519. The summed E-state index contributed by atoms with van der Waals surface area (Å²) in [6.07, 6.45) is 3.78. The minimum Gasteiger partial charge on any atom is -0.333 e. The van der Waals surface area contributed by atoms with Gasteiger partial charge in [-0.2, -0.15) is 0 Å². The molecule has 0 aliphatic carbocycles. The summed E-state index contributed by atoms with van der Waals surface area (Å²) >= 11 is 6.04. The molecule has 5 heteroatoms. The molecule has 0 N–H and O–H groups in total. The number of Topliss-reactive ketones (excluding diaryl/α,β-unsaturated/α-hetero) is 1. The molecule has 98 valence electrons. The third kappa shape index (κ3) is 2.55. The number of aromatic nitrogens is 2. The zero-order valence-corrected chi connectivity index (χ0v) is 11.2. The maximum absolute atomic E-state index is 12.2. The quantitative estimate of drug-likeness (QED) is 0.807. The maximum atomic E-state index is 12.2. The predicted octanol–water partition coefficient (Wildman–Crippen LogP) is 2.24. The number of ketones is 1. The topological polar surface area (TPSA) is 38.1 Å². The van der Waals surface area contributed by atoms with Crippen molar-refractivity contribution in [1.29, 1.82) is 0 Å². The highest BCUT2D eigenvalue weighted by Crippen LogP contribution is 2.17. The highest BCUT2D eigenvalue weighted by atomic mass is 35.5. The van der Waals surface area contributed by atoms with E-state index in [1.165, 1.54) is 0 Å². The van der Waals surface area contributed by atoms with Crippen LogP contribution in [0.2, 0.25) is 5.02 Å². The molecule has 3 rings (SSSR count). The molecule has 0 radical (unpaired) electrons. The van der Waals surface area contributed by atoms with Crippen LogP contribution in [-0.4, -0.2) is 33.3 Å². The van der Waals surface area contributed by atoms with Crippen molar-refractivity contribution in [3.63, 3.8) is 0 Å². The fourth-order valence-corrected chi connectivity index (χ4v) is 2.58. The van der Waals surface area contributed by atoms with E-state index in [-0.39, 0.29) is 5.78 Å². The first-order chi connectivity index (χ1) is 9.24. The van der Waals surface area contributed by atoms with Gasteiger partial charge in [-0.3, -0.25) is 9.69 Å². The molecule has 1 aromatic heterocycles. The van der Waals surface area contributed by atoms with Gasteiger partial charge in [0.1, 0.15) is 5.82 Å². The third-order valence-electron chi connectivity index (χ3n) is 3.37. The molecule has 2 heterocycles. The average molecular weight is 276 g/mol. The number of fused-ring (bicyclic) bond motifs is 1. The van der Waals surface area contributed by atoms with Crippen LogP contribution in [0.4, 0.5) is 0 Å². The van der Waals surface area contributed by atoms with Gasteiger partial charge in [0.25, 0.3) is 0 Å². The fourth-order valence-electron chi connectivity index (χ4n) is 2.33. The average Bonchev–Trinajstić information content (AvgIpc) is 2.86. The van der Waals surface area contributed by atoms with Crippen molar-refractivity contribution < 1.29 is 4.79 Å². The van der Waals surface area contributed by atoms with Gasteiger partial charge in [-0.25, -0.2) is 4.98 Å². The van der Waals surface area contributed by atoms with Crippen molar-refractivity contribution in [2.24, 2.45) is 0 Å². The molecule has 0 spiro atoms. The minimum absolute atomic E-state index is 0.0607. The Labute approximate surface area is 116 Å². The number of rotatable bonds is 3. The van der Waals surface area contributed by atoms with Crippen molar-refractivity contribution in [1.82, 2.24) is 14.5 Å². The number of hydrogen-bond acceptors (Lipinski definition) is 3. The van der Waals surface area contributed by atoms with Crippen LogP contribution in [0.5, 0.6) is 0 Å². The molecule has 0 unspecified atom stereocenters. The Kier molecular flexibility index (Phi) is 3.36. The number of imidazole rings is 1. The van der Waals surface area contributed by atoms with Crippen LogP contribution in [0.15, 0.2) is 36.7 Å². The predicted molar refractivity (Wildman–Crippen MR) is 73.3 cm³/mol. The van der Waals surface area contributed by atoms with Crippen LogP contribution in [0, 0.1) is 0 Å². The molecular weight excluding hydrogens is 262 g/mol. The van der Waals surface area contributed by atoms with Crippen LogP contribution < -0.4 is 0 Å². The van der Waals surface area contributed by atoms with Crippen LogP contribution in [0.3, 0.4) is 0 Å². The lowest BCUT2D eigenvalue weighted by molar-refractivity contribution is 0.0908. The van der Waals surface area contributed by atoms with Gasteiger partial charge in [0, 0.05) is 31.0 Å². The summed E-state index contributed by atoms with van der Waals surface area (Å²) in [4.78, 5) is 18.6. The van der Waals surface area contributed by atoms with Crippen LogP contribution in [0.1, 0.15) is 16.2 Å². The summed E-state index contributed by atoms with van der Waals surface area (Å²) in [7, 11) is 0. The van der Waals surface area contributed by atoms with Gasteiger partial charge in [0.2, 0.25) is 0 Å². The number of carbonyl (C=O) groups is 1. The number of carbonyl (C=O) groups excluding carboxylic acids is 1. The largest absolute Gasteiger partial charge is 0.333 e. The Bertz CT molecular complexity index is 608. The molecule has 0 saturated carbocycles. The lowest BCUT2D eigenvalue weighted by atomic mass is 10.1. The molecule has 19 heavy (non-hydrogen) atoms. The van der Waals surface area contributed by atoms with Gasteiger partial charge in [0.15, 0.2) is 5.78 Å². The maximum Gasteiger partial charge on any atom is 0.178 e. The Balaban J connectivity index is 1.70. The van der Waals surface area contributed by atoms with E-state index in [1.807, 2.05) is 18.3 Å².